The first-order chi connectivity index (χ1) is 11.6. The lowest BCUT2D eigenvalue weighted by Crippen LogP contribution is -1.99. The Balaban J connectivity index is 1.86. The van der Waals surface area contributed by atoms with Crippen molar-refractivity contribution in [2.24, 2.45) is 7.05 Å². The summed E-state index contributed by atoms with van der Waals surface area (Å²) in [6.45, 7) is 1.52. The zero-order chi connectivity index (χ0) is 16.7. The van der Waals surface area contributed by atoms with Crippen molar-refractivity contribution in [2.45, 2.75) is 6.92 Å². The molecule has 0 aliphatic rings. The molecule has 0 bridgehead atoms. The van der Waals surface area contributed by atoms with Crippen LogP contribution in [0.4, 0.5) is 0 Å². The number of hydrogen-bond acceptors (Lipinski definition) is 4. The first kappa shape index (κ1) is 14.3. The van der Waals surface area contributed by atoms with Crippen LogP contribution in [-0.4, -0.2) is 30.3 Å². The predicted octanol–water partition coefficient (Wildman–Crippen LogP) is 3.02. The number of benzene rings is 1. The number of carbonyl (C=O) groups is 1. The standard InChI is InChI=1S/C18H15N5O/c1-12(24)15-4-3-5-16(20-15)13-6-7-14-11-19-23(17(14)10-13)18-8-9-22(2)21-18/h3-11H,1-2H3. The molecule has 0 aliphatic heterocycles. The van der Waals surface area contributed by atoms with Crippen molar-refractivity contribution >= 4 is 16.7 Å². The van der Waals surface area contributed by atoms with E-state index in [9.17, 15) is 4.79 Å². The third-order valence-electron chi connectivity index (χ3n) is 3.89. The summed E-state index contributed by atoms with van der Waals surface area (Å²) in [5.74, 6) is 0.714. The third kappa shape index (κ3) is 2.38. The third-order valence-corrected chi connectivity index (χ3v) is 3.89. The Morgan fingerprint density at radius 1 is 1.12 bits per heavy atom. The van der Waals surface area contributed by atoms with Gasteiger partial charge in [-0.15, -0.1) is 0 Å². The summed E-state index contributed by atoms with van der Waals surface area (Å²) in [4.78, 5) is 16.0. The molecule has 1 aromatic carbocycles. The van der Waals surface area contributed by atoms with E-state index < -0.39 is 0 Å². The number of Topliss-reactive ketones (excluding diaryl/α,β-unsaturated/α-hetero) is 1. The van der Waals surface area contributed by atoms with Gasteiger partial charge in [0.2, 0.25) is 0 Å². The molecule has 0 saturated heterocycles. The van der Waals surface area contributed by atoms with Crippen LogP contribution in [-0.2, 0) is 7.05 Å². The summed E-state index contributed by atoms with van der Waals surface area (Å²) in [5, 5.41) is 9.85. The molecule has 0 atom stereocenters. The van der Waals surface area contributed by atoms with Gasteiger partial charge < -0.3 is 0 Å². The van der Waals surface area contributed by atoms with Gasteiger partial charge in [0, 0.05) is 37.2 Å². The summed E-state index contributed by atoms with van der Waals surface area (Å²) >= 11 is 0. The highest BCUT2D eigenvalue weighted by Gasteiger charge is 2.10. The quantitative estimate of drug-likeness (QED) is 0.545. The summed E-state index contributed by atoms with van der Waals surface area (Å²) in [6, 6.07) is 13.4. The van der Waals surface area contributed by atoms with Gasteiger partial charge in [0.25, 0.3) is 0 Å². The smallest absolute Gasteiger partial charge is 0.178 e. The van der Waals surface area contributed by atoms with Gasteiger partial charge in [0.05, 0.1) is 17.4 Å². The second kappa shape index (κ2) is 5.42. The monoisotopic (exact) mass is 317 g/mol. The van der Waals surface area contributed by atoms with Crippen LogP contribution in [0.15, 0.2) is 54.9 Å². The molecule has 118 valence electrons. The van der Waals surface area contributed by atoms with Gasteiger partial charge in [-0.1, -0.05) is 18.2 Å². The molecule has 3 heterocycles. The van der Waals surface area contributed by atoms with Crippen LogP contribution in [0.25, 0.3) is 28.0 Å². The molecule has 24 heavy (non-hydrogen) atoms. The zero-order valence-electron chi connectivity index (χ0n) is 13.3. The first-order valence-electron chi connectivity index (χ1n) is 7.58. The van der Waals surface area contributed by atoms with Gasteiger partial charge in [-0.05, 0) is 18.2 Å². The van der Waals surface area contributed by atoms with E-state index in [4.69, 9.17) is 0 Å². The Morgan fingerprint density at radius 2 is 2.00 bits per heavy atom. The number of aryl methyl sites for hydroxylation is 1. The summed E-state index contributed by atoms with van der Waals surface area (Å²) in [6.07, 6.45) is 3.69. The Morgan fingerprint density at radius 3 is 2.75 bits per heavy atom. The average molecular weight is 317 g/mol. The highest BCUT2D eigenvalue weighted by molar-refractivity contribution is 5.93. The number of ketones is 1. The number of carbonyl (C=O) groups excluding carboxylic acids is 1. The van der Waals surface area contributed by atoms with Crippen LogP contribution >= 0.6 is 0 Å². The van der Waals surface area contributed by atoms with E-state index in [-0.39, 0.29) is 5.78 Å². The van der Waals surface area contributed by atoms with Gasteiger partial charge in [-0.3, -0.25) is 9.48 Å². The molecule has 3 aromatic heterocycles. The Kier molecular flexibility index (Phi) is 3.23. The van der Waals surface area contributed by atoms with Crippen LogP contribution in [0.5, 0.6) is 0 Å². The van der Waals surface area contributed by atoms with Crippen molar-refractivity contribution in [2.75, 3.05) is 0 Å². The van der Waals surface area contributed by atoms with Crippen molar-refractivity contribution in [3.8, 4) is 17.1 Å². The van der Waals surface area contributed by atoms with E-state index in [1.165, 1.54) is 6.92 Å². The lowest BCUT2D eigenvalue weighted by Gasteiger charge is -2.04. The lowest BCUT2D eigenvalue weighted by molar-refractivity contribution is 0.101. The fourth-order valence-electron chi connectivity index (χ4n) is 2.67. The van der Waals surface area contributed by atoms with Crippen molar-refractivity contribution in [3.05, 3.63) is 60.6 Å². The number of aromatic nitrogens is 5. The molecule has 0 spiro atoms. The van der Waals surface area contributed by atoms with Crippen molar-refractivity contribution in [1.82, 2.24) is 24.5 Å². The van der Waals surface area contributed by atoms with Crippen LogP contribution in [0.3, 0.4) is 0 Å². The van der Waals surface area contributed by atoms with Gasteiger partial charge >= 0.3 is 0 Å². The van der Waals surface area contributed by atoms with E-state index >= 15 is 0 Å². The molecule has 0 radical (unpaired) electrons. The summed E-state index contributed by atoms with van der Waals surface area (Å²) in [5.41, 5.74) is 3.11. The fourth-order valence-corrected chi connectivity index (χ4v) is 2.67. The molecule has 6 heteroatoms. The molecule has 0 unspecified atom stereocenters. The Hall–Kier alpha value is -3.28. The maximum Gasteiger partial charge on any atom is 0.178 e. The van der Waals surface area contributed by atoms with E-state index in [1.54, 1.807) is 15.4 Å². The van der Waals surface area contributed by atoms with Crippen molar-refractivity contribution in [3.63, 3.8) is 0 Å². The van der Waals surface area contributed by atoms with Gasteiger partial charge in [-0.2, -0.15) is 10.2 Å². The van der Waals surface area contributed by atoms with Gasteiger partial charge in [0.15, 0.2) is 11.6 Å². The molecule has 4 rings (SSSR count). The molecule has 0 saturated carbocycles. The second-order valence-electron chi connectivity index (χ2n) is 5.64. The SMILES string of the molecule is CC(=O)c1cccc(-c2ccc3cnn(-c4ccn(C)n4)c3c2)n1. The minimum Gasteiger partial charge on any atom is -0.293 e. The predicted molar refractivity (Wildman–Crippen MR) is 91.1 cm³/mol. The molecule has 4 aromatic rings. The molecular weight excluding hydrogens is 302 g/mol. The lowest BCUT2D eigenvalue weighted by atomic mass is 10.1. The maximum absolute atomic E-state index is 11.6. The zero-order valence-corrected chi connectivity index (χ0v) is 13.3. The molecule has 0 aliphatic carbocycles. The molecule has 6 nitrogen and oxygen atoms in total. The van der Waals surface area contributed by atoms with Crippen LogP contribution < -0.4 is 0 Å². The number of hydrogen-bond donors (Lipinski definition) is 0. The normalized spacial score (nSPS) is 11.1. The minimum absolute atomic E-state index is 0.0449. The topological polar surface area (TPSA) is 65.6 Å². The van der Waals surface area contributed by atoms with E-state index in [2.05, 4.69) is 15.2 Å². The number of pyridine rings is 1. The molecule has 0 amide bonds. The molecular formula is C18H15N5O. The van der Waals surface area contributed by atoms with E-state index in [0.717, 1.165) is 28.0 Å². The summed E-state index contributed by atoms with van der Waals surface area (Å²) in [7, 11) is 1.87. The number of fused-ring (bicyclic) bond motifs is 1. The highest BCUT2D eigenvalue weighted by Crippen LogP contribution is 2.24. The van der Waals surface area contributed by atoms with Crippen LogP contribution in [0.1, 0.15) is 17.4 Å². The Bertz CT molecular complexity index is 1060. The largest absolute Gasteiger partial charge is 0.293 e. The van der Waals surface area contributed by atoms with Crippen molar-refractivity contribution in [1.29, 1.82) is 0 Å². The first-order valence-corrected chi connectivity index (χ1v) is 7.58. The highest BCUT2D eigenvalue weighted by atomic mass is 16.1. The molecule has 0 fully saturated rings. The number of nitrogens with zero attached hydrogens (tertiary/aromatic N) is 5. The van der Waals surface area contributed by atoms with Gasteiger partial charge in [0.1, 0.15) is 5.69 Å². The second-order valence-corrected chi connectivity index (χ2v) is 5.64. The van der Waals surface area contributed by atoms with Crippen LogP contribution in [0.2, 0.25) is 0 Å². The fraction of sp³-hybridized carbons (Fsp3) is 0.111. The summed E-state index contributed by atoms with van der Waals surface area (Å²) < 4.78 is 3.54. The maximum atomic E-state index is 11.6. The molecule has 0 N–H and O–H groups in total. The van der Waals surface area contributed by atoms with E-state index in [1.807, 2.05) is 55.8 Å². The van der Waals surface area contributed by atoms with Crippen molar-refractivity contribution < 1.29 is 4.79 Å². The minimum atomic E-state index is -0.0449. The Labute approximate surface area is 138 Å². The number of rotatable bonds is 3. The average Bonchev–Trinajstić information content (AvgIpc) is 3.20. The van der Waals surface area contributed by atoms with Crippen LogP contribution in [0, 0.1) is 0 Å². The van der Waals surface area contributed by atoms with E-state index in [0.29, 0.717) is 5.69 Å². The van der Waals surface area contributed by atoms with Gasteiger partial charge in [-0.25, -0.2) is 9.67 Å².